The lowest BCUT2D eigenvalue weighted by atomic mass is 10.0. The van der Waals surface area contributed by atoms with E-state index in [-0.39, 0.29) is 30.2 Å². The highest BCUT2D eigenvalue weighted by Gasteiger charge is 2.39. The van der Waals surface area contributed by atoms with E-state index in [9.17, 15) is 19.2 Å². The van der Waals surface area contributed by atoms with Crippen LogP contribution in [0.15, 0.2) is 42.5 Å². The maximum absolute atomic E-state index is 13.0. The van der Waals surface area contributed by atoms with Gasteiger partial charge in [-0.3, -0.25) is 29.4 Å². The first-order chi connectivity index (χ1) is 19.4. The number of unbranched alkanes of at least 4 members (excludes halogenated alkanes) is 1. The van der Waals surface area contributed by atoms with E-state index >= 15 is 0 Å². The van der Waals surface area contributed by atoms with Gasteiger partial charge in [-0.25, -0.2) is 0 Å². The molecular formula is C30H37N5O5. The van der Waals surface area contributed by atoms with Crippen molar-refractivity contribution >= 4 is 29.8 Å². The maximum Gasteiger partial charge on any atom is 0.255 e. The van der Waals surface area contributed by atoms with Crippen LogP contribution in [-0.4, -0.2) is 79.3 Å². The molecule has 4 amide bonds. The van der Waals surface area contributed by atoms with Crippen molar-refractivity contribution in [3.05, 3.63) is 59.2 Å². The van der Waals surface area contributed by atoms with Crippen molar-refractivity contribution < 1.29 is 23.9 Å². The molecule has 0 bridgehead atoms. The Kier molecular flexibility index (Phi) is 8.64. The predicted octanol–water partition coefficient (Wildman–Crippen LogP) is 2.24. The molecule has 2 saturated heterocycles. The summed E-state index contributed by atoms with van der Waals surface area (Å²) in [6, 6.07) is 13.2. The summed E-state index contributed by atoms with van der Waals surface area (Å²) >= 11 is 0. The lowest BCUT2D eigenvalue weighted by Gasteiger charge is -2.36. The van der Waals surface area contributed by atoms with Gasteiger partial charge in [0.15, 0.2) is 0 Å². The fourth-order valence-electron chi connectivity index (χ4n) is 5.67. The number of ether oxygens (including phenoxy) is 1. The molecule has 212 valence electrons. The summed E-state index contributed by atoms with van der Waals surface area (Å²) in [4.78, 5) is 53.8. The number of nitrogens with zero attached hydrogens (tertiary/aromatic N) is 3. The molecule has 0 aliphatic carbocycles. The Balaban J connectivity index is 1.03. The van der Waals surface area contributed by atoms with Crippen LogP contribution in [0.2, 0.25) is 0 Å². The Labute approximate surface area is 234 Å². The Morgan fingerprint density at radius 1 is 1.05 bits per heavy atom. The number of rotatable bonds is 11. The van der Waals surface area contributed by atoms with E-state index in [1.54, 1.807) is 4.90 Å². The van der Waals surface area contributed by atoms with Crippen LogP contribution < -0.4 is 20.3 Å². The fraction of sp³-hybridized carbons (Fsp3) is 0.467. The summed E-state index contributed by atoms with van der Waals surface area (Å²) in [5.74, 6) is 0.0478. The van der Waals surface area contributed by atoms with Gasteiger partial charge in [-0.15, -0.1) is 0 Å². The van der Waals surface area contributed by atoms with Crippen LogP contribution in [0.1, 0.15) is 60.1 Å². The molecule has 1 unspecified atom stereocenters. The topological polar surface area (TPSA) is 111 Å². The summed E-state index contributed by atoms with van der Waals surface area (Å²) in [7, 11) is 0. The zero-order valence-corrected chi connectivity index (χ0v) is 22.9. The quantitative estimate of drug-likeness (QED) is 0.252. The molecule has 5 rings (SSSR count). The fourth-order valence-corrected chi connectivity index (χ4v) is 5.67. The van der Waals surface area contributed by atoms with Crippen molar-refractivity contribution in [3.63, 3.8) is 0 Å². The van der Waals surface area contributed by atoms with Gasteiger partial charge in [-0.1, -0.05) is 12.1 Å². The molecule has 10 heteroatoms. The van der Waals surface area contributed by atoms with Crippen molar-refractivity contribution in [1.29, 1.82) is 0 Å². The summed E-state index contributed by atoms with van der Waals surface area (Å²) in [5.41, 5.74) is 3.74. The number of benzene rings is 2. The lowest BCUT2D eigenvalue weighted by Crippen LogP contribution is -2.52. The highest BCUT2D eigenvalue weighted by Crippen LogP contribution is 2.31. The van der Waals surface area contributed by atoms with Gasteiger partial charge in [0.2, 0.25) is 18.2 Å². The molecule has 2 N–H and O–H groups in total. The van der Waals surface area contributed by atoms with Gasteiger partial charge in [-0.05, 0) is 74.2 Å². The minimum absolute atomic E-state index is 0.0192. The number of hydrogen-bond acceptors (Lipinski definition) is 7. The molecule has 2 aromatic carbocycles. The molecule has 0 aromatic heterocycles. The second kappa shape index (κ2) is 12.5. The van der Waals surface area contributed by atoms with E-state index in [4.69, 9.17) is 4.74 Å². The van der Waals surface area contributed by atoms with E-state index in [2.05, 4.69) is 26.5 Å². The highest BCUT2D eigenvalue weighted by molar-refractivity contribution is 6.05. The monoisotopic (exact) mass is 547 g/mol. The van der Waals surface area contributed by atoms with Crippen molar-refractivity contribution in [2.24, 2.45) is 0 Å². The Hall–Kier alpha value is -3.92. The van der Waals surface area contributed by atoms with Crippen molar-refractivity contribution in [1.82, 2.24) is 20.4 Å². The molecule has 10 nitrogen and oxygen atoms in total. The van der Waals surface area contributed by atoms with Crippen molar-refractivity contribution in [3.8, 4) is 5.75 Å². The van der Waals surface area contributed by atoms with Crippen LogP contribution in [-0.2, 0) is 20.9 Å². The van der Waals surface area contributed by atoms with E-state index < -0.39 is 6.04 Å². The third-order valence-corrected chi connectivity index (χ3v) is 8.08. The Morgan fingerprint density at radius 3 is 2.55 bits per heavy atom. The van der Waals surface area contributed by atoms with Crippen LogP contribution in [0.4, 0.5) is 5.69 Å². The van der Waals surface area contributed by atoms with Gasteiger partial charge in [0, 0.05) is 50.4 Å². The zero-order chi connectivity index (χ0) is 28.1. The van der Waals surface area contributed by atoms with Crippen LogP contribution in [0.3, 0.4) is 0 Å². The first kappa shape index (κ1) is 27.6. The minimum atomic E-state index is -0.587. The van der Waals surface area contributed by atoms with Crippen LogP contribution >= 0.6 is 0 Å². The summed E-state index contributed by atoms with van der Waals surface area (Å²) in [6.45, 7) is 7.85. The number of carbonyl (C=O) groups is 4. The maximum atomic E-state index is 13.0. The zero-order valence-electron chi connectivity index (χ0n) is 22.9. The molecule has 2 aromatic rings. The first-order valence-electron chi connectivity index (χ1n) is 14.1. The normalized spacial score (nSPS) is 20.2. The van der Waals surface area contributed by atoms with Crippen molar-refractivity contribution in [2.75, 3.05) is 44.2 Å². The highest BCUT2D eigenvalue weighted by atomic mass is 16.5. The molecule has 0 radical (unpaired) electrons. The van der Waals surface area contributed by atoms with Crippen LogP contribution in [0, 0.1) is 0 Å². The Bertz CT molecular complexity index is 1240. The van der Waals surface area contributed by atoms with E-state index in [1.807, 2.05) is 43.3 Å². The second-order valence-electron chi connectivity index (χ2n) is 10.7. The molecule has 2 fully saturated rings. The molecule has 0 saturated carbocycles. The van der Waals surface area contributed by atoms with Crippen LogP contribution in [0.25, 0.3) is 0 Å². The van der Waals surface area contributed by atoms with E-state index in [1.165, 1.54) is 0 Å². The number of imide groups is 1. The molecule has 40 heavy (non-hydrogen) atoms. The third-order valence-electron chi connectivity index (χ3n) is 8.08. The number of piperazine rings is 1. The largest absolute Gasteiger partial charge is 0.494 e. The number of carbonyl (C=O) groups excluding carboxylic acids is 4. The van der Waals surface area contributed by atoms with Gasteiger partial charge in [-0.2, -0.15) is 0 Å². The third kappa shape index (κ3) is 6.28. The lowest BCUT2D eigenvalue weighted by molar-refractivity contribution is -0.136. The standard InChI is InChI=1S/C30H37N5O5/c1-21(31-20-36)22-4-7-25(8-5-22)40-17-3-2-12-33-13-15-34(16-14-33)24-6-9-26-23(18-24)19-35(30(26)39)27-10-11-28(37)32-29(27)38/h4-9,18,20-21,27H,2-3,10-17,19H2,1H3,(H,31,36)(H,32,37,38)/t21-,27?/m0/s1. The van der Waals surface area contributed by atoms with Gasteiger partial charge >= 0.3 is 0 Å². The van der Waals surface area contributed by atoms with Gasteiger partial charge in [0.25, 0.3) is 5.91 Å². The summed E-state index contributed by atoms with van der Waals surface area (Å²) < 4.78 is 5.88. The molecule has 3 heterocycles. The average Bonchev–Trinajstić information content (AvgIpc) is 3.29. The number of piperidine rings is 1. The van der Waals surface area contributed by atoms with Gasteiger partial charge < -0.3 is 19.9 Å². The minimum Gasteiger partial charge on any atom is -0.494 e. The summed E-state index contributed by atoms with van der Waals surface area (Å²) in [6.07, 6.45) is 3.39. The van der Waals surface area contributed by atoms with Crippen molar-refractivity contribution in [2.45, 2.75) is 51.2 Å². The molecule has 0 spiro atoms. The van der Waals surface area contributed by atoms with E-state index in [0.29, 0.717) is 31.5 Å². The smallest absolute Gasteiger partial charge is 0.255 e. The molecule has 3 aliphatic heterocycles. The van der Waals surface area contributed by atoms with Crippen LogP contribution in [0.5, 0.6) is 5.75 Å². The SMILES string of the molecule is C[C@H](NC=O)c1ccc(OCCCCN2CCN(c3ccc4c(c3)CN(C3CCC(=O)NC3=O)C4=O)CC2)cc1. The second-order valence-corrected chi connectivity index (χ2v) is 10.7. The number of anilines is 1. The molecule has 2 atom stereocenters. The average molecular weight is 548 g/mol. The number of fused-ring (bicyclic) bond motifs is 1. The van der Waals surface area contributed by atoms with Gasteiger partial charge in [0.05, 0.1) is 12.6 Å². The summed E-state index contributed by atoms with van der Waals surface area (Å²) in [5, 5.41) is 5.10. The van der Waals surface area contributed by atoms with Gasteiger partial charge in [0.1, 0.15) is 11.8 Å². The number of amides is 4. The Morgan fingerprint density at radius 2 is 1.82 bits per heavy atom. The number of nitrogens with one attached hydrogen (secondary N) is 2. The number of hydrogen-bond donors (Lipinski definition) is 2. The van der Waals surface area contributed by atoms with E-state index in [0.717, 1.165) is 68.1 Å². The molecule has 3 aliphatic rings. The molecular weight excluding hydrogens is 510 g/mol. The first-order valence-corrected chi connectivity index (χ1v) is 14.1. The predicted molar refractivity (Wildman–Crippen MR) is 150 cm³/mol.